The second kappa shape index (κ2) is 8.64. The predicted octanol–water partition coefficient (Wildman–Crippen LogP) is 4.79. The van der Waals surface area contributed by atoms with Gasteiger partial charge in [0.2, 0.25) is 5.16 Å². The van der Waals surface area contributed by atoms with Gasteiger partial charge in [0, 0.05) is 22.3 Å². The highest BCUT2D eigenvalue weighted by Gasteiger charge is 2.16. The van der Waals surface area contributed by atoms with E-state index in [9.17, 15) is 0 Å². The molecular formula is C22H22ClN5O2S. The van der Waals surface area contributed by atoms with Crippen LogP contribution in [0.3, 0.4) is 0 Å². The van der Waals surface area contributed by atoms with Crippen molar-refractivity contribution in [1.29, 1.82) is 0 Å². The lowest BCUT2D eigenvalue weighted by Crippen LogP contribution is -2.11. The Bertz CT molecular complexity index is 1270. The summed E-state index contributed by atoms with van der Waals surface area (Å²) in [6.45, 7) is 4.13. The van der Waals surface area contributed by atoms with Gasteiger partial charge in [0.05, 0.1) is 19.7 Å². The molecular weight excluding hydrogens is 434 g/mol. The molecule has 160 valence electrons. The third-order valence-electron chi connectivity index (χ3n) is 5.20. The molecule has 2 aromatic heterocycles. The molecule has 4 rings (SSSR count). The van der Waals surface area contributed by atoms with Crippen molar-refractivity contribution in [2.24, 2.45) is 0 Å². The lowest BCUT2D eigenvalue weighted by atomic mass is 10.0. The van der Waals surface area contributed by atoms with Crippen LogP contribution in [0, 0.1) is 13.8 Å². The Morgan fingerprint density at radius 2 is 1.81 bits per heavy atom. The smallest absolute Gasteiger partial charge is 0.210 e. The standard InChI is InChI=1S/C22H22ClN5O2S/c1-12-5-6-14-9-16(20(23)25-19(14)13(12)2)11-31-22-27-26-21(28(22)24)15-7-8-17(29-3)18(10-15)30-4/h5-10H,11,24H2,1-4H3. The van der Waals surface area contributed by atoms with Crippen molar-refractivity contribution in [3.63, 3.8) is 0 Å². The van der Waals surface area contributed by atoms with Gasteiger partial charge in [-0.1, -0.05) is 35.5 Å². The number of ether oxygens (including phenoxy) is 2. The fourth-order valence-electron chi connectivity index (χ4n) is 3.30. The van der Waals surface area contributed by atoms with Crippen molar-refractivity contribution in [3.05, 3.63) is 58.2 Å². The van der Waals surface area contributed by atoms with Crippen LogP contribution in [0.2, 0.25) is 5.15 Å². The maximum Gasteiger partial charge on any atom is 0.210 e. The van der Waals surface area contributed by atoms with Crippen LogP contribution >= 0.6 is 23.4 Å². The quantitative estimate of drug-likeness (QED) is 0.254. The van der Waals surface area contributed by atoms with Gasteiger partial charge in [-0.2, -0.15) is 0 Å². The highest BCUT2D eigenvalue weighted by Crippen LogP contribution is 2.33. The van der Waals surface area contributed by atoms with E-state index in [0.717, 1.165) is 27.6 Å². The fourth-order valence-corrected chi connectivity index (χ4v) is 4.41. The molecule has 2 heterocycles. The number of halogens is 1. The molecule has 0 saturated heterocycles. The second-order valence-corrected chi connectivity index (χ2v) is 8.35. The summed E-state index contributed by atoms with van der Waals surface area (Å²) in [4.78, 5) is 4.61. The van der Waals surface area contributed by atoms with Gasteiger partial charge in [0.15, 0.2) is 17.3 Å². The number of nitrogens with two attached hydrogens (primary N) is 1. The third-order valence-corrected chi connectivity index (χ3v) is 6.52. The molecule has 31 heavy (non-hydrogen) atoms. The molecule has 2 aromatic carbocycles. The van der Waals surface area contributed by atoms with Crippen LogP contribution < -0.4 is 15.3 Å². The number of pyridine rings is 1. The Kier molecular flexibility index (Phi) is 5.93. The average Bonchev–Trinajstić information content (AvgIpc) is 3.15. The van der Waals surface area contributed by atoms with Crippen LogP contribution in [-0.4, -0.2) is 34.1 Å². The Hall–Kier alpha value is -2.97. The highest BCUT2D eigenvalue weighted by molar-refractivity contribution is 7.98. The zero-order chi connectivity index (χ0) is 22.1. The van der Waals surface area contributed by atoms with E-state index >= 15 is 0 Å². The maximum atomic E-state index is 6.47. The minimum absolute atomic E-state index is 0.483. The fraction of sp³-hybridized carbons (Fsp3) is 0.227. The van der Waals surface area contributed by atoms with Gasteiger partial charge in [0.25, 0.3) is 0 Å². The lowest BCUT2D eigenvalue weighted by molar-refractivity contribution is 0.355. The summed E-state index contributed by atoms with van der Waals surface area (Å²) in [7, 11) is 3.17. The van der Waals surface area contributed by atoms with E-state index in [1.165, 1.54) is 22.0 Å². The van der Waals surface area contributed by atoms with E-state index in [4.69, 9.17) is 26.9 Å². The first kappa shape index (κ1) is 21.3. The Labute approximate surface area is 189 Å². The minimum Gasteiger partial charge on any atom is -0.493 e. The van der Waals surface area contributed by atoms with Gasteiger partial charge in [-0.3, -0.25) is 0 Å². The molecule has 0 amide bonds. The van der Waals surface area contributed by atoms with Gasteiger partial charge >= 0.3 is 0 Å². The number of nitrogen functional groups attached to an aromatic ring is 1. The van der Waals surface area contributed by atoms with Crippen molar-refractivity contribution < 1.29 is 9.47 Å². The Balaban J connectivity index is 1.59. The Morgan fingerprint density at radius 1 is 1.03 bits per heavy atom. The van der Waals surface area contributed by atoms with Gasteiger partial charge in [0.1, 0.15) is 5.15 Å². The van der Waals surface area contributed by atoms with Gasteiger partial charge in [-0.15, -0.1) is 10.2 Å². The molecule has 9 heteroatoms. The molecule has 7 nitrogen and oxygen atoms in total. The molecule has 0 aliphatic rings. The number of nitrogens with zero attached hydrogens (tertiary/aromatic N) is 4. The summed E-state index contributed by atoms with van der Waals surface area (Å²) >= 11 is 7.92. The first-order chi connectivity index (χ1) is 14.9. The van der Waals surface area contributed by atoms with Crippen LogP contribution in [-0.2, 0) is 5.75 Å². The summed E-state index contributed by atoms with van der Waals surface area (Å²) in [5.74, 6) is 8.59. The summed E-state index contributed by atoms with van der Waals surface area (Å²) in [5.41, 5.74) is 4.95. The number of rotatable bonds is 6. The van der Waals surface area contributed by atoms with Crippen molar-refractivity contribution in [2.45, 2.75) is 24.8 Å². The number of fused-ring (bicyclic) bond motifs is 1. The third kappa shape index (κ3) is 4.00. The topological polar surface area (TPSA) is 88.1 Å². The molecule has 0 atom stereocenters. The number of hydrogen-bond donors (Lipinski definition) is 1. The number of aryl methyl sites for hydroxylation is 2. The molecule has 0 unspecified atom stereocenters. The van der Waals surface area contributed by atoms with Crippen molar-refractivity contribution in [3.8, 4) is 22.9 Å². The number of hydrogen-bond acceptors (Lipinski definition) is 7. The van der Waals surface area contributed by atoms with E-state index in [1.54, 1.807) is 20.3 Å². The predicted molar refractivity (Wildman–Crippen MR) is 125 cm³/mol. The normalized spacial score (nSPS) is 11.1. The summed E-state index contributed by atoms with van der Waals surface area (Å²) in [6, 6.07) is 11.7. The van der Waals surface area contributed by atoms with E-state index in [0.29, 0.717) is 33.4 Å². The SMILES string of the molecule is COc1ccc(-c2nnc(SCc3cc4ccc(C)c(C)c4nc3Cl)n2N)cc1OC. The van der Waals surface area contributed by atoms with E-state index < -0.39 is 0 Å². The van der Waals surface area contributed by atoms with Gasteiger partial charge in [-0.25, -0.2) is 9.66 Å². The van der Waals surface area contributed by atoms with Crippen molar-refractivity contribution in [2.75, 3.05) is 20.1 Å². The number of benzene rings is 2. The lowest BCUT2D eigenvalue weighted by Gasteiger charge is -2.10. The largest absolute Gasteiger partial charge is 0.493 e. The van der Waals surface area contributed by atoms with Crippen LogP contribution in [0.25, 0.3) is 22.3 Å². The molecule has 0 fully saturated rings. The molecule has 4 aromatic rings. The van der Waals surface area contributed by atoms with Crippen LogP contribution in [0.1, 0.15) is 16.7 Å². The molecule has 0 bridgehead atoms. The maximum absolute atomic E-state index is 6.47. The minimum atomic E-state index is 0.483. The molecule has 0 spiro atoms. The molecule has 2 N–H and O–H groups in total. The summed E-state index contributed by atoms with van der Waals surface area (Å²) < 4.78 is 12.1. The first-order valence-electron chi connectivity index (χ1n) is 9.54. The van der Waals surface area contributed by atoms with Crippen molar-refractivity contribution >= 4 is 34.3 Å². The zero-order valence-corrected chi connectivity index (χ0v) is 19.2. The monoisotopic (exact) mass is 455 g/mol. The van der Waals surface area contributed by atoms with Crippen molar-refractivity contribution in [1.82, 2.24) is 19.9 Å². The molecule has 0 aliphatic heterocycles. The van der Waals surface area contributed by atoms with Gasteiger partial charge < -0.3 is 15.3 Å². The number of aromatic nitrogens is 4. The molecule has 0 saturated carbocycles. The molecule has 0 radical (unpaired) electrons. The summed E-state index contributed by atoms with van der Waals surface area (Å²) in [5, 5.41) is 10.6. The van der Waals surface area contributed by atoms with E-state index in [2.05, 4.69) is 47.2 Å². The Morgan fingerprint density at radius 3 is 2.55 bits per heavy atom. The zero-order valence-electron chi connectivity index (χ0n) is 17.6. The van der Waals surface area contributed by atoms with Crippen LogP contribution in [0.4, 0.5) is 0 Å². The van der Waals surface area contributed by atoms with Crippen LogP contribution in [0.5, 0.6) is 11.5 Å². The highest BCUT2D eigenvalue weighted by atomic mass is 35.5. The number of methoxy groups -OCH3 is 2. The first-order valence-corrected chi connectivity index (χ1v) is 10.9. The second-order valence-electron chi connectivity index (χ2n) is 7.05. The number of thioether (sulfide) groups is 1. The summed E-state index contributed by atoms with van der Waals surface area (Å²) in [6.07, 6.45) is 0. The molecule has 0 aliphatic carbocycles. The van der Waals surface area contributed by atoms with E-state index in [1.807, 2.05) is 12.1 Å². The average molecular weight is 456 g/mol. The van der Waals surface area contributed by atoms with Crippen LogP contribution in [0.15, 0.2) is 41.6 Å². The van der Waals surface area contributed by atoms with Gasteiger partial charge in [-0.05, 0) is 49.2 Å². The van der Waals surface area contributed by atoms with E-state index in [-0.39, 0.29) is 0 Å².